The van der Waals surface area contributed by atoms with Gasteiger partial charge in [0.2, 0.25) is 0 Å². The minimum Gasteiger partial charge on any atom is -0.489 e. The number of amides is 1. The van der Waals surface area contributed by atoms with Crippen molar-refractivity contribution in [3.05, 3.63) is 57.9 Å². The summed E-state index contributed by atoms with van der Waals surface area (Å²) in [7, 11) is 1.53. The van der Waals surface area contributed by atoms with Gasteiger partial charge in [0.1, 0.15) is 23.9 Å². The number of hydrogen-bond acceptors (Lipinski definition) is 6. The zero-order valence-corrected chi connectivity index (χ0v) is 17.6. The van der Waals surface area contributed by atoms with Crippen LogP contribution in [0.4, 0.5) is 21.5 Å². The number of nitrogens with zero attached hydrogens (tertiary/aromatic N) is 2. The van der Waals surface area contributed by atoms with E-state index in [0.29, 0.717) is 18.2 Å². The topological polar surface area (TPSA) is 93.9 Å². The maximum Gasteiger partial charge on any atom is 0.293 e. The third-order valence-corrected chi connectivity index (χ3v) is 5.29. The van der Waals surface area contributed by atoms with Gasteiger partial charge in [-0.05, 0) is 43.0 Å². The summed E-state index contributed by atoms with van der Waals surface area (Å²) < 4.78 is 24.2. The van der Waals surface area contributed by atoms with Crippen LogP contribution in [0.5, 0.6) is 5.75 Å². The summed E-state index contributed by atoms with van der Waals surface area (Å²) in [5.41, 5.74) is 0.617. The van der Waals surface area contributed by atoms with Gasteiger partial charge in [-0.15, -0.1) is 0 Å². The highest BCUT2D eigenvalue weighted by atomic mass is 19.1. The van der Waals surface area contributed by atoms with Crippen LogP contribution in [0.3, 0.4) is 0 Å². The van der Waals surface area contributed by atoms with Crippen molar-refractivity contribution in [3.8, 4) is 5.75 Å². The van der Waals surface area contributed by atoms with Crippen LogP contribution in [0.25, 0.3) is 0 Å². The predicted molar refractivity (Wildman–Crippen MR) is 115 cm³/mol. The van der Waals surface area contributed by atoms with Crippen LogP contribution >= 0.6 is 0 Å². The third kappa shape index (κ3) is 5.69. The largest absolute Gasteiger partial charge is 0.489 e. The summed E-state index contributed by atoms with van der Waals surface area (Å²) >= 11 is 0. The number of carbonyl (C=O) groups is 1. The minimum absolute atomic E-state index is 0.105. The average molecular weight is 431 g/mol. The van der Waals surface area contributed by atoms with E-state index >= 15 is 0 Å². The van der Waals surface area contributed by atoms with Crippen molar-refractivity contribution in [1.29, 1.82) is 0 Å². The lowest BCUT2D eigenvalue weighted by Gasteiger charge is -2.31. The molecule has 1 heterocycles. The number of rotatable bonds is 8. The smallest absolute Gasteiger partial charge is 0.293 e. The van der Waals surface area contributed by atoms with Crippen LogP contribution in [0.15, 0.2) is 36.4 Å². The van der Waals surface area contributed by atoms with Crippen LogP contribution in [-0.4, -0.2) is 44.2 Å². The van der Waals surface area contributed by atoms with Crippen molar-refractivity contribution in [2.45, 2.75) is 19.8 Å². The molecule has 1 saturated heterocycles. The number of nitro groups is 1. The van der Waals surface area contributed by atoms with E-state index in [1.807, 2.05) is 4.90 Å². The molecule has 3 rings (SSSR count). The lowest BCUT2D eigenvalue weighted by atomic mass is 9.98. The molecule has 9 heteroatoms. The summed E-state index contributed by atoms with van der Waals surface area (Å²) in [6.07, 6.45) is 1.93. The van der Waals surface area contributed by atoms with E-state index in [2.05, 4.69) is 12.2 Å². The fourth-order valence-electron chi connectivity index (χ4n) is 3.48. The number of nitro benzene ring substituents is 1. The molecule has 1 N–H and O–H groups in total. The molecule has 0 bridgehead atoms. The fourth-order valence-corrected chi connectivity index (χ4v) is 3.48. The quantitative estimate of drug-likeness (QED) is 0.382. The van der Waals surface area contributed by atoms with E-state index in [1.165, 1.54) is 25.3 Å². The lowest BCUT2D eigenvalue weighted by Crippen LogP contribution is -2.33. The molecule has 166 valence electrons. The molecule has 2 aromatic carbocycles. The zero-order valence-electron chi connectivity index (χ0n) is 17.6. The number of nitrogens with one attached hydrogen (secondary N) is 1. The summed E-state index contributed by atoms with van der Waals surface area (Å²) in [5, 5.41) is 14.3. The van der Waals surface area contributed by atoms with Gasteiger partial charge in [-0.3, -0.25) is 14.9 Å². The van der Waals surface area contributed by atoms with Gasteiger partial charge in [0.15, 0.2) is 0 Å². The molecule has 0 radical (unpaired) electrons. The first-order valence-corrected chi connectivity index (χ1v) is 10.1. The predicted octanol–water partition coefficient (Wildman–Crippen LogP) is 4.25. The Bertz CT molecular complexity index is 945. The molecule has 31 heavy (non-hydrogen) atoms. The van der Waals surface area contributed by atoms with Gasteiger partial charge >= 0.3 is 0 Å². The molecule has 0 saturated carbocycles. The zero-order chi connectivity index (χ0) is 22.4. The number of benzene rings is 2. The molecule has 0 atom stereocenters. The van der Waals surface area contributed by atoms with Crippen molar-refractivity contribution >= 4 is 23.0 Å². The lowest BCUT2D eigenvalue weighted by molar-refractivity contribution is -0.384. The normalized spacial score (nSPS) is 14.4. The number of halogens is 1. The summed E-state index contributed by atoms with van der Waals surface area (Å²) in [5.74, 6) is -0.272. The molecule has 0 spiro atoms. The first-order chi connectivity index (χ1) is 14.9. The van der Waals surface area contributed by atoms with Crippen LogP contribution in [-0.2, 0) is 4.74 Å². The van der Waals surface area contributed by atoms with E-state index in [9.17, 15) is 19.3 Å². The van der Waals surface area contributed by atoms with E-state index < -0.39 is 16.6 Å². The Morgan fingerprint density at radius 1 is 1.23 bits per heavy atom. The van der Waals surface area contributed by atoms with Crippen LogP contribution in [0.1, 0.15) is 30.1 Å². The molecular formula is C22H26FN3O5. The molecule has 1 aliphatic rings. The summed E-state index contributed by atoms with van der Waals surface area (Å²) in [6, 6.07) is 8.16. The SMILES string of the molecule is COCCOc1ccc(F)cc1NC(=O)c1ccc(N2CCC(C)CC2)c([N+](=O)[O-])c1. The molecule has 1 aliphatic heterocycles. The van der Waals surface area contributed by atoms with Crippen LogP contribution in [0, 0.1) is 21.8 Å². The molecule has 0 aliphatic carbocycles. The Balaban J connectivity index is 1.81. The van der Waals surface area contributed by atoms with Gasteiger partial charge in [0.05, 0.1) is 17.2 Å². The minimum atomic E-state index is -0.593. The number of anilines is 2. The van der Waals surface area contributed by atoms with Crippen LogP contribution < -0.4 is 15.0 Å². The summed E-state index contributed by atoms with van der Waals surface area (Å²) in [6.45, 7) is 4.18. The molecule has 2 aromatic rings. The number of methoxy groups -OCH3 is 1. The van der Waals surface area contributed by atoms with Crippen molar-refractivity contribution < 1.29 is 23.6 Å². The van der Waals surface area contributed by atoms with Gasteiger partial charge < -0.3 is 19.7 Å². The van der Waals surface area contributed by atoms with Crippen molar-refractivity contribution in [3.63, 3.8) is 0 Å². The fraction of sp³-hybridized carbons (Fsp3) is 0.409. The number of carbonyl (C=O) groups excluding carboxylic acids is 1. The van der Waals surface area contributed by atoms with Gasteiger partial charge in [-0.25, -0.2) is 4.39 Å². The van der Waals surface area contributed by atoms with Gasteiger partial charge in [0, 0.05) is 37.9 Å². The molecule has 0 unspecified atom stereocenters. The van der Waals surface area contributed by atoms with E-state index in [1.54, 1.807) is 12.1 Å². The Hall–Kier alpha value is -3.20. The maximum absolute atomic E-state index is 13.7. The average Bonchev–Trinajstić information content (AvgIpc) is 2.75. The molecule has 8 nitrogen and oxygen atoms in total. The highest BCUT2D eigenvalue weighted by Gasteiger charge is 2.25. The Labute approximate surface area is 180 Å². The molecule has 1 amide bonds. The van der Waals surface area contributed by atoms with Gasteiger partial charge in [-0.2, -0.15) is 0 Å². The van der Waals surface area contributed by atoms with Crippen LogP contribution in [0.2, 0.25) is 0 Å². The molecular weight excluding hydrogens is 405 g/mol. The van der Waals surface area contributed by atoms with Crippen molar-refractivity contribution in [1.82, 2.24) is 0 Å². The monoisotopic (exact) mass is 431 g/mol. The second-order valence-electron chi connectivity index (χ2n) is 7.57. The molecule has 0 aromatic heterocycles. The maximum atomic E-state index is 13.7. The first kappa shape index (κ1) is 22.5. The van der Waals surface area contributed by atoms with Crippen molar-refractivity contribution in [2.75, 3.05) is 43.6 Å². The Morgan fingerprint density at radius 2 is 1.97 bits per heavy atom. The highest BCUT2D eigenvalue weighted by molar-refractivity contribution is 6.05. The Kier molecular flexibility index (Phi) is 7.41. The second-order valence-corrected chi connectivity index (χ2v) is 7.57. The summed E-state index contributed by atoms with van der Waals surface area (Å²) in [4.78, 5) is 25.9. The third-order valence-electron chi connectivity index (χ3n) is 5.29. The van der Waals surface area contributed by atoms with Gasteiger partial charge in [0.25, 0.3) is 11.6 Å². The standard InChI is InChI=1S/C22H26FN3O5/c1-15-7-9-25(10-8-15)19-5-3-16(13-20(19)26(28)29)22(27)24-18-14-17(23)4-6-21(18)31-12-11-30-2/h3-6,13-15H,7-12H2,1-2H3,(H,24,27). The van der Waals surface area contributed by atoms with E-state index in [-0.39, 0.29) is 29.3 Å². The van der Waals surface area contributed by atoms with Gasteiger partial charge in [-0.1, -0.05) is 6.92 Å². The number of ether oxygens (including phenoxy) is 2. The Morgan fingerprint density at radius 3 is 2.65 bits per heavy atom. The van der Waals surface area contributed by atoms with Crippen molar-refractivity contribution in [2.24, 2.45) is 5.92 Å². The van der Waals surface area contributed by atoms with E-state index in [0.717, 1.165) is 32.0 Å². The highest BCUT2D eigenvalue weighted by Crippen LogP contribution is 2.33. The molecule has 1 fully saturated rings. The number of piperidine rings is 1. The number of hydrogen-bond donors (Lipinski definition) is 1. The second kappa shape index (κ2) is 10.2. The van der Waals surface area contributed by atoms with E-state index in [4.69, 9.17) is 9.47 Å². The first-order valence-electron chi connectivity index (χ1n) is 10.1.